The molecule has 0 unspecified atom stereocenters. The van der Waals surface area contributed by atoms with Gasteiger partial charge in [0.1, 0.15) is 19.6 Å². The molecule has 0 radical (unpaired) electrons. The minimum atomic E-state index is 0.621. The number of hydrogen-bond acceptors (Lipinski definition) is 3. The maximum Gasteiger partial charge on any atom is 0.202 e. The van der Waals surface area contributed by atoms with Gasteiger partial charge in [-0.1, -0.05) is 79.0 Å². The summed E-state index contributed by atoms with van der Waals surface area (Å²) in [5.74, 6) is 0.621. The Labute approximate surface area is 269 Å². The lowest BCUT2D eigenvalue weighted by Crippen LogP contribution is -2.55. The number of unbranched alkanes of at least 4 members (excludes halogenated alkanes) is 2. The van der Waals surface area contributed by atoms with Gasteiger partial charge in [0, 0.05) is 19.5 Å². The van der Waals surface area contributed by atoms with E-state index in [0.29, 0.717) is 5.76 Å². The first kappa shape index (κ1) is 41.6. The minimum absolute atomic E-state index is 0.621. The summed E-state index contributed by atoms with van der Waals surface area (Å²) in [6, 6.07) is 0. The smallest absolute Gasteiger partial charge is 0.202 e. The van der Waals surface area contributed by atoms with Crippen LogP contribution in [0.2, 0.25) is 0 Å². The molecule has 0 atom stereocenters. The molecule has 0 saturated carbocycles. The van der Waals surface area contributed by atoms with Gasteiger partial charge >= 0.3 is 0 Å². The molecular formula is C36H75N5O2+2. The molecule has 1 fully saturated rings. The fourth-order valence-corrected chi connectivity index (χ4v) is 6.09. The third-order valence-corrected chi connectivity index (χ3v) is 8.67. The third-order valence-electron chi connectivity index (χ3n) is 8.67. The Morgan fingerprint density at radius 1 is 0.860 bits per heavy atom. The van der Waals surface area contributed by atoms with Gasteiger partial charge in [-0.2, -0.15) is 0 Å². The van der Waals surface area contributed by atoms with E-state index in [2.05, 4.69) is 86.7 Å². The molecule has 3 rings (SSSR count). The highest BCUT2D eigenvalue weighted by molar-refractivity contribution is 5.71. The molecule has 0 spiro atoms. The van der Waals surface area contributed by atoms with Crippen molar-refractivity contribution in [2.45, 2.75) is 113 Å². The predicted octanol–water partition coefficient (Wildman–Crippen LogP) is 7.98. The Morgan fingerprint density at radius 2 is 1.47 bits per heavy atom. The zero-order valence-corrected chi connectivity index (χ0v) is 30.7. The van der Waals surface area contributed by atoms with Crippen molar-refractivity contribution in [1.82, 2.24) is 4.90 Å². The number of ether oxygens (including phenoxy) is 1. The second-order valence-electron chi connectivity index (χ2n) is 13.3. The predicted molar refractivity (Wildman–Crippen MR) is 188 cm³/mol. The zero-order valence-electron chi connectivity index (χ0n) is 30.7. The van der Waals surface area contributed by atoms with Crippen molar-refractivity contribution in [3.63, 3.8) is 0 Å². The maximum absolute atomic E-state index is 5.40. The number of hydrogen-bond donors (Lipinski definition) is 0. The Balaban J connectivity index is 0.000000549. The van der Waals surface area contributed by atoms with Crippen LogP contribution in [-0.4, -0.2) is 118 Å². The Morgan fingerprint density at radius 3 is 1.93 bits per heavy atom. The molecule has 0 aromatic rings. The highest BCUT2D eigenvalue weighted by Gasteiger charge is 2.28. The highest BCUT2D eigenvalue weighted by Crippen LogP contribution is 2.21. The largest absolute Gasteiger partial charge is 0.501 e. The number of rotatable bonds is 14. The molecule has 0 aromatic heterocycles. The van der Waals surface area contributed by atoms with Crippen molar-refractivity contribution in [3.8, 4) is 0 Å². The molecule has 0 N–H and O–H groups in total. The van der Waals surface area contributed by atoms with Crippen molar-refractivity contribution in [2.24, 2.45) is 0 Å². The molecule has 7 heteroatoms. The van der Waals surface area contributed by atoms with E-state index >= 15 is 0 Å². The van der Waals surface area contributed by atoms with E-state index in [1.54, 1.807) is 22.0 Å². The first-order chi connectivity index (χ1) is 20.5. The van der Waals surface area contributed by atoms with Gasteiger partial charge in [-0.05, 0) is 52.0 Å². The Bertz CT molecular complexity index is 756. The SMILES string of the molecule is C=C1C=[N+](CCCC)[N-]O1.CCC1=C(CC)CN(C)CC1.CCCC[N+](C)(C)CCC.CCC[N+]1(CCC)CCOCC1. The summed E-state index contributed by atoms with van der Waals surface area (Å²) in [4.78, 5) is 7.18. The molecule has 3 aliphatic rings. The normalized spacial score (nSPS) is 18.2. The van der Waals surface area contributed by atoms with Crippen LogP contribution in [0.15, 0.2) is 23.5 Å². The summed E-state index contributed by atoms with van der Waals surface area (Å²) in [7, 11) is 6.85. The van der Waals surface area contributed by atoms with Gasteiger partial charge in [0.15, 0.2) is 5.76 Å². The van der Waals surface area contributed by atoms with Crippen molar-refractivity contribution in [1.29, 1.82) is 0 Å². The standard InChI is InChI=1S/C10H22NO.C10H19N.C9H22N.C7H12N2O/c1-3-5-11(6-4-2)7-9-12-10-8-11;1-4-9-6-7-11(3)8-10(9)5-2;1-5-7-9-10(3,4)8-6-2;1-3-4-5-9-6-7(2)10-8-9/h3-10H2,1-2H3;4-8H2,1-3H3;5-9H2,1-4H3;6H,2-5H2,1H3/q+1;;+1;. The van der Waals surface area contributed by atoms with Crippen LogP contribution >= 0.6 is 0 Å². The summed E-state index contributed by atoms with van der Waals surface area (Å²) in [6.07, 6.45) is 14.5. The number of nitrogens with zero attached hydrogens (tertiary/aromatic N) is 5. The maximum atomic E-state index is 5.40. The average molecular weight is 610 g/mol. The number of allylic oxidation sites excluding steroid dienone is 1. The van der Waals surface area contributed by atoms with E-state index in [9.17, 15) is 0 Å². The monoisotopic (exact) mass is 610 g/mol. The third kappa shape index (κ3) is 19.6. The van der Waals surface area contributed by atoms with Crippen LogP contribution in [0.4, 0.5) is 0 Å². The first-order valence-corrected chi connectivity index (χ1v) is 17.9. The Kier molecular flexibility index (Phi) is 24.0. The van der Waals surface area contributed by atoms with Crippen LogP contribution in [0, 0.1) is 0 Å². The van der Waals surface area contributed by atoms with Crippen molar-refractivity contribution >= 4 is 6.21 Å². The number of morpholine rings is 1. The molecule has 3 heterocycles. The molecule has 1 saturated heterocycles. The van der Waals surface area contributed by atoms with Gasteiger partial charge in [-0.3, -0.25) is 5.59 Å². The van der Waals surface area contributed by atoms with E-state index in [4.69, 9.17) is 9.57 Å². The molecule has 43 heavy (non-hydrogen) atoms. The van der Waals surface area contributed by atoms with Gasteiger partial charge in [-0.25, -0.2) is 4.68 Å². The van der Waals surface area contributed by atoms with E-state index in [0.717, 1.165) is 26.2 Å². The van der Waals surface area contributed by atoms with Crippen LogP contribution < -0.4 is 0 Å². The fourth-order valence-electron chi connectivity index (χ4n) is 6.09. The lowest BCUT2D eigenvalue weighted by atomic mass is 9.96. The van der Waals surface area contributed by atoms with E-state index in [-0.39, 0.29) is 0 Å². The van der Waals surface area contributed by atoms with Crippen LogP contribution in [0.3, 0.4) is 0 Å². The first-order valence-electron chi connectivity index (χ1n) is 17.9. The van der Waals surface area contributed by atoms with Crippen LogP contribution in [0.5, 0.6) is 0 Å². The quantitative estimate of drug-likeness (QED) is 0.114. The second-order valence-corrected chi connectivity index (χ2v) is 13.3. The van der Waals surface area contributed by atoms with Crippen molar-refractivity contribution in [3.05, 3.63) is 29.1 Å². The second kappa shape index (κ2) is 24.9. The summed E-state index contributed by atoms with van der Waals surface area (Å²) in [6.45, 7) is 32.5. The minimum Gasteiger partial charge on any atom is -0.501 e. The van der Waals surface area contributed by atoms with E-state index < -0.39 is 0 Å². The molecule has 0 amide bonds. The Hall–Kier alpha value is -1.41. The number of quaternary nitrogens is 2. The molecular weight excluding hydrogens is 534 g/mol. The fraction of sp³-hybridized carbons (Fsp3) is 0.861. The molecule has 7 nitrogen and oxygen atoms in total. The highest BCUT2D eigenvalue weighted by atomic mass is 16.7. The number of likely N-dealkylation sites (N-methyl/N-ethyl adjacent to an activating group) is 1. The molecule has 0 aromatic carbocycles. The summed E-state index contributed by atoms with van der Waals surface area (Å²) in [5, 5.41) is 0. The van der Waals surface area contributed by atoms with Crippen LogP contribution in [0.1, 0.15) is 113 Å². The molecule has 0 bridgehead atoms. The van der Waals surface area contributed by atoms with E-state index in [1.165, 1.54) is 119 Å². The molecule has 0 aliphatic carbocycles. The average Bonchev–Trinajstić information content (AvgIpc) is 3.41. The van der Waals surface area contributed by atoms with Crippen LogP contribution in [0.25, 0.3) is 5.59 Å². The van der Waals surface area contributed by atoms with Gasteiger partial charge in [0.25, 0.3) is 0 Å². The topological polar surface area (TPSA) is 38.8 Å². The summed E-state index contributed by atoms with van der Waals surface area (Å²) >= 11 is 0. The van der Waals surface area contributed by atoms with Crippen molar-refractivity contribution in [2.75, 3.05) is 93.3 Å². The molecule has 254 valence electrons. The van der Waals surface area contributed by atoms with Gasteiger partial charge in [-0.15, -0.1) is 0 Å². The lowest BCUT2D eigenvalue weighted by Gasteiger charge is -2.41. The van der Waals surface area contributed by atoms with Gasteiger partial charge in [0.05, 0.1) is 53.5 Å². The summed E-state index contributed by atoms with van der Waals surface area (Å²) in [5.41, 5.74) is 7.13. The summed E-state index contributed by atoms with van der Waals surface area (Å²) < 4.78 is 9.68. The van der Waals surface area contributed by atoms with Gasteiger partial charge in [0.2, 0.25) is 6.21 Å². The molecule has 3 aliphatic heterocycles. The zero-order chi connectivity index (χ0) is 32.6. The van der Waals surface area contributed by atoms with Gasteiger partial charge < -0.3 is 23.4 Å². The lowest BCUT2D eigenvalue weighted by molar-refractivity contribution is -0.935. The van der Waals surface area contributed by atoms with Crippen LogP contribution in [-0.2, 0) is 9.57 Å². The van der Waals surface area contributed by atoms with Crippen molar-refractivity contribution < 1.29 is 23.2 Å². The van der Waals surface area contributed by atoms with E-state index in [1.807, 2.05) is 0 Å².